The monoisotopic (exact) mass is 281 g/mol. The molecular weight excluding hydrogens is 258 g/mol. The van der Waals surface area contributed by atoms with Gasteiger partial charge in [0.2, 0.25) is 0 Å². The number of nitrogens with one attached hydrogen (secondary N) is 1. The van der Waals surface area contributed by atoms with Crippen molar-refractivity contribution in [1.82, 2.24) is 15.1 Å². The van der Waals surface area contributed by atoms with Crippen LogP contribution >= 0.6 is 0 Å². The zero-order valence-electron chi connectivity index (χ0n) is 12.2. The van der Waals surface area contributed by atoms with Gasteiger partial charge in [0.05, 0.1) is 6.61 Å². The minimum absolute atomic E-state index is 0.0364. The molecule has 2 rings (SSSR count). The SMILES string of the molecule is Cc1oc(C(=O)N2CCNCC2)cc1CN(C)CCO. The average Bonchev–Trinajstić information content (AvgIpc) is 2.80. The number of nitrogens with zero attached hydrogens (tertiary/aromatic N) is 2. The summed E-state index contributed by atoms with van der Waals surface area (Å²) in [4.78, 5) is 16.1. The lowest BCUT2D eigenvalue weighted by Crippen LogP contribution is -2.46. The molecule has 0 spiro atoms. The lowest BCUT2D eigenvalue weighted by Gasteiger charge is -2.26. The first-order chi connectivity index (χ1) is 9.61. The van der Waals surface area contributed by atoms with E-state index in [1.807, 2.05) is 29.8 Å². The normalized spacial score (nSPS) is 15.9. The van der Waals surface area contributed by atoms with Crippen LogP contribution in [0.5, 0.6) is 0 Å². The third kappa shape index (κ3) is 3.59. The first-order valence-electron chi connectivity index (χ1n) is 7.00. The fourth-order valence-corrected chi connectivity index (χ4v) is 2.35. The van der Waals surface area contributed by atoms with E-state index in [-0.39, 0.29) is 12.5 Å². The molecule has 0 unspecified atom stereocenters. The summed E-state index contributed by atoms with van der Waals surface area (Å²) in [6.45, 7) is 6.37. The molecule has 20 heavy (non-hydrogen) atoms. The van der Waals surface area contributed by atoms with Crippen molar-refractivity contribution in [3.8, 4) is 0 Å². The molecule has 1 amide bonds. The van der Waals surface area contributed by atoms with Gasteiger partial charge < -0.3 is 19.7 Å². The number of furan rings is 1. The van der Waals surface area contributed by atoms with Gasteiger partial charge in [-0.05, 0) is 20.0 Å². The molecule has 112 valence electrons. The quantitative estimate of drug-likeness (QED) is 0.798. The van der Waals surface area contributed by atoms with Crippen molar-refractivity contribution in [2.24, 2.45) is 0 Å². The van der Waals surface area contributed by atoms with Gasteiger partial charge >= 0.3 is 0 Å². The molecule has 2 heterocycles. The molecule has 0 bridgehead atoms. The van der Waals surface area contributed by atoms with Gasteiger partial charge in [-0.15, -0.1) is 0 Å². The van der Waals surface area contributed by atoms with Crippen molar-refractivity contribution in [2.45, 2.75) is 13.5 Å². The predicted molar refractivity (Wildman–Crippen MR) is 75.6 cm³/mol. The van der Waals surface area contributed by atoms with E-state index in [9.17, 15) is 4.79 Å². The second-order valence-corrected chi connectivity index (χ2v) is 5.20. The maximum Gasteiger partial charge on any atom is 0.289 e. The Bertz CT molecular complexity index is 453. The molecule has 1 saturated heterocycles. The zero-order chi connectivity index (χ0) is 14.5. The maximum atomic E-state index is 12.3. The topological polar surface area (TPSA) is 69.0 Å². The number of carbonyl (C=O) groups is 1. The molecular formula is C14H23N3O3. The smallest absolute Gasteiger partial charge is 0.289 e. The number of carbonyl (C=O) groups excluding carboxylic acids is 1. The van der Waals surface area contributed by atoms with Crippen molar-refractivity contribution in [3.05, 3.63) is 23.2 Å². The van der Waals surface area contributed by atoms with E-state index in [1.54, 1.807) is 0 Å². The Morgan fingerprint density at radius 3 is 2.85 bits per heavy atom. The highest BCUT2D eigenvalue weighted by molar-refractivity contribution is 5.91. The molecule has 0 radical (unpaired) electrons. The van der Waals surface area contributed by atoms with Crippen LogP contribution in [0.4, 0.5) is 0 Å². The molecule has 1 aliphatic heterocycles. The van der Waals surface area contributed by atoms with Gasteiger partial charge in [0.1, 0.15) is 5.76 Å². The van der Waals surface area contributed by atoms with Gasteiger partial charge in [-0.1, -0.05) is 0 Å². The predicted octanol–water partition coefficient (Wildman–Crippen LogP) is 0.0575. The fraction of sp³-hybridized carbons (Fsp3) is 0.643. The molecule has 0 aliphatic carbocycles. The van der Waals surface area contributed by atoms with Gasteiger partial charge in [-0.2, -0.15) is 0 Å². The van der Waals surface area contributed by atoms with E-state index in [2.05, 4.69) is 5.32 Å². The molecule has 1 fully saturated rings. The number of aliphatic hydroxyl groups excluding tert-OH is 1. The molecule has 1 aromatic heterocycles. The first-order valence-corrected chi connectivity index (χ1v) is 7.00. The zero-order valence-corrected chi connectivity index (χ0v) is 12.2. The number of piperazine rings is 1. The summed E-state index contributed by atoms with van der Waals surface area (Å²) in [5.41, 5.74) is 0.999. The number of rotatable bonds is 5. The number of aliphatic hydroxyl groups is 1. The highest BCUT2D eigenvalue weighted by Gasteiger charge is 2.22. The van der Waals surface area contributed by atoms with Crippen molar-refractivity contribution >= 4 is 5.91 Å². The third-order valence-corrected chi connectivity index (χ3v) is 3.56. The molecule has 1 aromatic rings. The summed E-state index contributed by atoms with van der Waals surface area (Å²) in [5.74, 6) is 1.15. The van der Waals surface area contributed by atoms with Gasteiger partial charge in [0.25, 0.3) is 5.91 Å². The van der Waals surface area contributed by atoms with E-state index in [4.69, 9.17) is 9.52 Å². The van der Waals surface area contributed by atoms with Crippen LogP contribution < -0.4 is 5.32 Å². The Morgan fingerprint density at radius 2 is 2.20 bits per heavy atom. The Morgan fingerprint density at radius 1 is 1.50 bits per heavy atom. The highest BCUT2D eigenvalue weighted by Crippen LogP contribution is 2.18. The van der Waals surface area contributed by atoms with Crippen LogP contribution in [0.1, 0.15) is 21.9 Å². The molecule has 6 nitrogen and oxygen atoms in total. The third-order valence-electron chi connectivity index (χ3n) is 3.56. The second kappa shape index (κ2) is 6.88. The Balaban J connectivity index is 2.04. The minimum atomic E-state index is -0.0364. The number of likely N-dealkylation sites (N-methyl/N-ethyl adjacent to an activating group) is 1. The molecule has 6 heteroatoms. The molecule has 2 N–H and O–H groups in total. The summed E-state index contributed by atoms with van der Waals surface area (Å²) >= 11 is 0. The van der Waals surface area contributed by atoms with E-state index >= 15 is 0 Å². The lowest BCUT2D eigenvalue weighted by molar-refractivity contribution is 0.0702. The van der Waals surface area contributed by atoms with Crippen LogP contribution in [0.25, 0.3) is 0 Å². The van der Waals surface area contributed by atoms with Crippen molar-refractivity contribution in [2.75, 3.05) is 46.4 Å². The standard InChI is InChI=1S/C14H23N3O3/c1-11-12(10-16(2)7-8-18)9-13(20-11)14(19)17-5-3-15-4-6-17/h9,15,18H,3-8,10H2,1-2H3. The van der Waals surface area contributed by atoms with Gasteiger partial charge in [-0.25, -0.2) is 0 Å². The Labute approximate surface area is 119 Å². The van der Waals surface area contributed by atoms with Crippen LogP contribution in [0.15, 0.2) is 10.5 Å². The number of aryl methyl sites for hydroxylation is 1. The van der Waals surface area contributed by atoms with Gasteiger partial charge in [-0.3, -0.25) is 9.69 Å². The number of amides is 1. The summed E-state index contributed by atoms with van der Waals surface area (Å²) in [6.07, 6.45) is 0. The fourth-order valence-electron chi connectivity index (χ4n) is 2.35. The lowest BCUT2D eigenvalue weighted by atomic mass is 10.2. The van der Waals surface area contributed by atoms with E-state index in [0.717, 1.165) is 37.5 Å². The summed E-state index contributed by atoms with van der Waals surface area (Å²) in [7, 11) is 1.93. The van der Waals surface area contributed by atoms with E-state index < -0.39 is 0 Å². The molecule has 0 atom stereocenters. The van der Waals surface area contributed by atoms with Crippen molar-refractivity contribution < 1.29 is 14.3 Å². The maximum absolute atomic E-state index is 12.3. The van der Waals surface area contributed by atoms with Crippen LogP contribution in [-0.4, -0.2) is 67.2 Å². The molecule has 1 aliphatic rings. The summed E-state index contributed by atoms with van der Waals surface area (Å²) in [6, 6.07) is 1.83. The van der Waals surface area contributed by atoms with Gasteiger partial charge in [0.15, 0.2) is 5.76 Å². The average molecular weight is 281 g/mol. The number of hydrogen-bond acceptors (Lipinski definition) is 5. The van der Waals surface area contributed by atoms with E-state index in [0.29, 0.717) is 18.8 Å². The van der Waals surface area contributed by atoms with Crippen LogP contribution in [0, 0.1) is 6.92 Å². The summed E-state index contributed by atoms with van der Waals surface area (Å²) in [5, 5.41) is 12.1. The van der Waals surface area contributed by atoms with Crippen LogP contribution in [0.3, 0.4) is 0 Å². The highest BCUT2D eigenvalue weighted by atomic mass is 16.4. The van der Waals surface area contributed by atoms with Crippen molar-refractivity contribution in [1.29, 1.82) is 0 Å². The molecule has 0 saturated carbocycles. The largest absolute Gasteiger partial charge is 0.456 e. The Kier molecular flexibility index (Phi) is 5.17. The molecule has 0 aromatic carbocycles. The second-order valence-electron chi connectivity index (χ2n) is 5.20. The van der Waals surface area contributed by atoms with Crippen LogP contribution in [0.2, 0.25) is 0 Å². The number of hydrogen-bond donors (Lipinski definition) is 2. The van der Waals surface area contributed by atoms with Gasteiger partial charge in [0, 0.05) is 44.8 Å². The minimum Gasteiger partial charge on any atom is -0.456 e. The van der Waals surface area contributed by atoms with Crippen molar-refractivity contribution in [3.63, 3.8) is 0 Å². The van der Waals surface area contributed by atoms with E-state index in [1.165, 1.54) is 0 Å². The first kappa shape index (κ1) is 15.0. The Hall–Kier alpha value is -1.37. The summed E-state index contributed by atoms with van der Waals surface area (Å²) < 4.78 is 5.61. The van der Waals surface area contributed by atoms with Crippen LogP contribution in [-0.2, 0) is 6.54 Å².